The smallest absolute Gasteiger partial charge is 0.252 e. The first-order valence-electron chi connectivity index (χ1n) is 4.49. The van der Waals surface area contributed by atoms with E-state index in [0.29, 0.717) is 5.69 Å². The van der Waals surface area contributed by atoms with Crippen LogP contribution in [-0.2, 0) is 0 Å². The number of aromatic nitrogens is 1. The summed E-state index contributed by atoms with van der Waals surface area (Å²) in [6.45, 7) is 0. The zero-order valence-electron chi connectivity index (χ0n) is 7.90. The van der Waals surface area contributed by atoms with Gasteiger partial charge in [-0.3, -0.25) is 9.78 Å². The van der Waals surface area contributed by atoms with Crippen molar-refractivity contribution in [2.24, 2.45) is 0 Å². The van der Waals surface area contributed by atoms with Crippen LogP contribution in [0.2, 0.25) is 0 Å². The molecule has 0 radical (unpaired) electrons. The SMILES string of the molecule is O=c1cc(Nc2ccccc2)cc(O)[nH]1. The standard InChI is InChI=1S/C11H10N2O2/c14-10-6-9(7-11(15)13-10)12-8-4-2-1-3-5-8/h1-7H,(H3,12,13,14,15). The first-order valence-corrected chi connectivity index (χ1v) is 4.49. The number of hydrogen-bond donors (Lipinski definition) is 3. The summed E-state index contributed by atoms with van der Waals surface area (Å²) >= 11 is 0. The van der Waals surface area contributed by atoms with E-state index in [9.17, 15) is 9.90 Å². The van der Waals surface area contributed by atoms with Crippen molar-refractivity contribution in [1.29, 1.82) is 0 Å². The van der Waals surface area contributed by atoms with Gasteiger partial charge in [0.25, 0.3) is 5.56 Å². The summed E-state index contributed by atoms with van der Waals surface area (Å²) in [5.74, 6) is -0.152. The van der Waals surface area contributed by atoms with Crippen LogP contribution in [0.3, 0.4) is 0 Å². The summed E-state index contributed by atoms with van der Waals surface area (Å²) in [6.07, 6.45) is 0. The van der Waals surface area contributed by atoms with Crippen molar-refractivity contribution in [3.8, 4) is 5.88 Å². The average Bonchev–Trinajstić information content (AvgIpc) is 2.17. The van der Waals surface area contributed by atoms with E-state index in [2.05, 4.69) is 10.3 Å². The van der Waals surface area contributed by atoms with Crippen LogP contribution in [0.25, 0.3) is 0 Å². The molecule has 2 aromatic rings. The molecule has 76 valence electrons. The largest absolute Gasteiger partial charge is 0.494 e. The van der Waals surface area contributed by atoms with Gasteiger partial charge >= 0.3 is 0 Å². The molecule has 0 saturated heterocycles. The molecule has 0 saturated carbocycles. The van der Waals surface area contributed by atoms with Crippen molar-refractivity contribution >= 4 is 11.4 Å². The van der Waals surface area contributed by atoms with Crippen molar-refractivity contribution in [3.63, 3.8) is 0 Å². The normalized spacial score (nSPS) is 9.87. The molecule has 0 amide bonds. The summed E-state index contributed by atoms with van der Waals surface area (Å²) in [7, 11) is 0. The van der Waals surface area contributed by atoms with Gasteiger partial charge in [0.15, 0.2) is 5.88 Å². The van der Waals surface area contributed by atoms with Gasteiger partial charge in [0.05, 0.1) is 0 Å². The first kappa shape index (κ1) is 9.33. The maximum atomic E-state index is 11.0. The Labute approximate surface area is 86.2 Å². The van der Waals surface area contributed by atoms with E-state index in [1.165, 1.54) is 12.1 Å². The average molecular weight is 202 g/mol. The van der Waals surface area contributed by atoms with E-state index in [1.807, 2.05) is 30.3 Å². The van der Waals surface area contributed by atoms with Gasteiger partial charge in [0.1, 0.15) is 0 Å². The summed E-state index contributed by atoms with van der Waals surface area (Å²) in [6, 6.07) is 12.3. The molecule has 4 heteroatoms. The van der Waals surface area contributed by atoms with Crippen LogP contribution < -0.4 is 10.9 Å². The molecule has 0 atom stereocenters. The Morgan fingerprint density at radius 2 is 1.80 bits per heavy atom. The number of rotatable bonds is 2. The highest BCUT2D eigenvalue weighted by atomic mass is 16.3. The predicted molar refractivity (Wildman–Crippen MR) is 58.5 cm³/mol. The molecule has 0 aliphatic heterocycles. The van der Waals surface area contributed by atoms with Gasteiger partial charge in [-0.05, 0) is 12.1 Å². The lowest BCUT2D eigenvalue weighted by molar-refractivity contribution is 0.452. The van der Waals surface area contributed by atoms with Gasteiger partial charge < -0.3 is 10.4 Å². The van der Waals surface area contributed by atoms with E-state index < -0.39 is 0 Å². The molecule has 0 fully saturated rings. The second kappa shape index (κ2) is 3.88. The predicted octanol–water partition coefficient (Wildman–Crippen LogP) is 1.82. The van der Waals surface area contributed by atoms with Gasteiger partial charge in [0.2, 0.25) is 0 Å². The van der Waals surface area contributed by atoms with Crippen LogP contribution in [0.4, 0.5) is 11.4 Å². The number of aromatic hydroxyl groups is 1. The Morgan fingerprint density at radius 1 is 1.07 bits per heavy atom. The molecular formula is C11H10N2O2. The van der Waals surface area contributed by atoms with E-state index in [4.69, 9.17) is 0 Å². The topological polar surface area (TPSA) is 65.1 Å². The summed E-state index contributed by atoms with van der Waals surface area (Å²) in [5, 5.41) is 12.2. The number of nitrogens with one attached hydrogen (secondary N) is 2. The molecule has 0 aliphatic rings. The molecule has 0 unspecified atom stereocenters. The fraction of sp³-hybridized carbons (Fsp3) is 0. The van der Waals surface area contributed by atoms with Gasteiger partial charge in [0, 0.05) is 23.5 Å². The highest BCUT2D eigenvalue weighted by molar-refractivity contribution is 5.59. The van der Waals surface area contributed by atoms with Gasteiger partial charge in [-0.2, -0.15) is 0 Å². The van der Waals surface area contributed by atoms with Crippen LogP contribution >= 0.6 is 0 Å². The monoisotopic (exact) mass is 202 g/mol. The third-order valence-corrected chi connectivity index (χ3v) is 1.89. The van der Waals surface area contributed by atoms with Crippen molar-refractivity contribution in [1.82, 2.24) is 4.98 Å². The van der Waals surface area contributed by atoms with Crippen LogP contribution in [-0.4, -0.2) is 10.1 Å². The number of aromatic amines is 1. The molecule has 0 aliphatic carbocycles. The number of pyridine rings is 1. The zero-order chi connectivity index (χ0) is 10.7. The Morgan fingerprint density at radius 3 is 2.47 bits per heavy atom. The highest BCUT2D eigenvalue weighted by Gasteiger charge is 1.97. The van der Waals surface area contributed by atoms with Gasteiger partial charge in [-0.15, -0.1) is 0 Å². The second-order valence-corrected chi connectivity index (χ2v) is 3.11. The molecule has 3 N–H and O–H groups in total. The van der Waals surface area contributed by atoms with Crippen LogP contribution in [0.5, 0.6) is 5.88 Å². The minimum Gasteiger partial charge on any atom is -0.494 e. The number of H-pyrrole nitrogens is 1. The molecule has 0 bridgehead atoms. The number of hydrogen-bond acceptors (Lipinski definition) is 3. The molecule has 15 heavy (non-hydrogen) atoms. The quantitative estimate of drug-likeness (QED) is 0.696. The summed E-state index contributed by atoms with van der Waals surface area (Å²) in [4.78, 5) is 13.3. The number of anilines is 2. The number of para-hydroxylation sites is 1. The lowest BCUT2D eigenvalue weighted by atomic mass is 10.3. The van der Waals surface area contributed by atoms with Crippen LogP contribution in [0, 0.1) is 0 Å². The van der Waals surface area contributed by atoms with Gasteiger partial charge in [-0.1, -0.05) is 18.2 Å². The minimum atomic E-state index is -0.339. The number of benzene rings is 1. The van der Waals surface area contributed by atoms with Gasteiger partial charge in [-0.25, -0.2) is 0 Å². The lowest BCUT2D eigenvalue weighted by Crippen LogP contribution is -2.04. The highest BCUT2D eigenvalue weighted by Crippen LogP contribution is 2.16. The van der Waals surface area contributed by atoms with Crippen molar-refractivity contribution in [2.75, 3.05) is 5.32 Å². The maximum Gasteiger partial charge on any atom is 0.252 e. The summed E-state index contributed by atoms with van der Waals surface area (Å²) < 4.78 is 0. The van der Waals surface area contributed by atoms with Crippen molar-refractivity contribution in [3.05, 3.63) is 52.8 Å². The molecule has 2 rings (SSSR count). The van der Waals surface area contributed by atoms with Crippen LogP contribution in [0.1, 0.15) is 0 Å². The molecule has 1 aromatic carbocycles. The molecule has 0 spiro atoms. The fourth-order valence-electron chi connectivity index (χ4n) is 1.29. The molecule has 1 heterocycles. The third kappa shape index (κ3) is 2.37. The van der Waals surface area contributed by atoms with E-state index >= 15 is 0 Å². The molecule has 4 nitrogen and oxygen atoms in total. The van der Waals surface area contributed by atoms with Crippen LogP contribution in [0.15, 0.2) is 47.3 Å². The lowest BCUT2D eigenvalue weighted by Gasteiger charge is -2.05. The molecular weight excluding hydrogens is 192 g/mol. The summed E-state index contributed by atoms with van der Waals surface area (Å²) in [5.41, 5.74) is 1.08. The second-order valence-electron chi connectivity index (χ2n) is 3.11. The Bertz CT molecular complexity index is 505. The van der Waals surface area contributed by atoms with E-state index in [-0.39, 0.29) is 11.4 Å². The first-order chi connectivity index (χ1) is 7.24. The Hall–Kier alpha value is -2.23. The third-order valence-electron chi connectivity index (χ3n) is 1.89. The fourth-order valence-corrected chi connectivity index (χ4v) is 1.29. The Balaban J connectivity index is 2.29. The van der Waals surface area contributed by atoms with Crippen molar-refractivity contribution in [2.45, 2.75) is 0 Å². The maximum absolute atomic E-state index is 11.0. The minimum absolute atomic E-state index is 0.152. The van der Waals surface area contributed by atoms with Crippen molar-refractivity contribution < 1.29 is 5.11 Å². The Kier molecular flexibility index (Phi) is 2.41. The zero-order valence-corrected chi connectivity index (χ0v) is 7.90. The van der Waals surface area contributed by atoms with E-state index in [0.717, 1.165) is 5.69 Å². The van der Waals surface area contributed by atoms with E-state index in [1.54, 1.807) is 0 Å². The molecule has 1 aromatic heterocycles.